The van der Waals surface area contributed by atoms with Crippen molar-refractivity contribution in [1.29, 1.82) is 0 Å². The molecular formula is C10H13BrFNO2S. The Hall–Kier alpha value is -0.460. The highest BCUT2D eigenvalue weighted by Crippen LogP contribution is 2.16. The summed E-state index contributed by atoms with van der Waals surface area (Å²) in [6, 6.07) is 3.40. The fourth-order valence-electron chi connectivity index (χ4n) is 1.27. The van der Waals surface area contributed by atoms with E-state index in [0.717, 1.165) is 6.07 Å². The molecule has 0 saturated carbocycles. The molecule has 6 heteroatoms. The molecule has 0 spiro atoms. The van der Waals surface area contributed by atoms with Gasteiger partial charge < -0.3 is 0 Å². The van der Waals surface area contributed by atoms with Gasteiger partial charge in [0.1, 0.15) is 5.82 Å². The lowest BCUT2D eigenvalue weighted by Crippen LogP contribution is -2.34. The number of sulfonamides is 1. The van der Waals surface area contributed by atoms with Crippen LogP contribution in [0.5, 0.6) is 0 Å². The molecule has 0 amide bonds. The summed E-state index contributed by atoms with van der Waals surface area (Å²) in [6.45, 7) is 3.31. The SMILES string of the molecule is Cc1cc(F)ccc1S(=O)(=O)NC(C)CBr. The van der Waals surface area contributed by atoms with Crippen LogP contribution in [0.15, 0.2) is 23.1 Å². The van der Waals surface area contributed by atoms with Crippen LogP contribution in [0.25, 0.3) is 0 Å². The van der Waals surface area contributed by atoms with Crippen LogP contribution in [0.3, 0.4) is 0 Å². The molecule has 1 atom stereocenters. The first-order valence-corrected chi connectivity index (χ1v) is 7.31. The van der Waals surface area contributed by atoms with Gasteiger partial charge in [-0.1, -0.05) is 15.9 Å². The van der Waals surface area contributed by atoms with Crippen molar-refractivity contribution in [3.8, 4) is 0 Å². The van der Waals surface area contributed by atoms with Crippen molar-refractivity contribution in [3.63, 3.8) is 0 Å². The van der Waals surface area contributed by atoms with Crippen molar-refractivity contribution in [2.75, 3.05) is 5.33 Å². The van der Waals surface area contributed by atoms with Crippen molar-refractivity contribution in [1.82, 2.24) is 4.72 Å². The number of hydrogen-bond acceptors (Lipinski definition) is 2. The average Bonchev–Trinajstić information content (AvgIpc) is 2.16. The summed E-state index contributed by atoms with van der Waals surface area (Å²) < 4.78 is 39.1. The molecule has 0 radical (unpaired) electrons. The Balaban J connectivity index is 3.08. The lowest BCUT2D eigenvalue weighted by molar-refractivity contribution is 0.570. The summed E-state index contributed by atoms with van der Waals surface area (Å²) in [4.78, 5) is 0.113. The van der Waals surface area contributed by atoms with Crippen LogP contribution in [0.2, 0.25) is 0 Å². The fraction of sp³-hybridized carbons (Fsp3) is 0.400. The van der Waals surface area contributed by atoms with Crippen LogP contribution in [0, 0.1) is 12.7 Å². The van der Waals surface area contributed by atoms with Crippen molar-refractivity contribution < 1.29 is 12.8 Å². The summed E-state index contributed by atoms with van der Waals surface area (Å²) >= 11 is 3.18. The second-order valence-electron chi connectivity index (χ2n) is 3.59. The summed E-state index contributed by atoms with van der Waals surface area (Å²) in [6.07, 6.45) is 0. The van der Waals surface area contributed by atoms with Gasteiger partial charge in [0.15, 0.2) is 0 Å². The van der Waals surface area contributed by atoms with Gasteiger partial charge in [0, 0.05) is 11.4 Å². The smallest absolute Gasteiger partial charge is 0.208 e. The molecular weight excluding hydrogens is 297 g/mol. The minimum Gasteiger partial charge on any atom is -0.208 e. The normalized spacial score (nSPS) is 13.8. The summed E-state index contributed by atoms with van der Waals surface area (Å²) in [5.41, 5.74) is 0.397. The predicted molar refractivity (Wildman–Crippen MR) is 64.7 cm³/mol. The van der Waals surface area contributed by atoms with E-state index in [0.29, 0.717) is 10.9 Å². The summed E-state index contributed by atoms with van der Waals surface area (Å²) in [5, 5.41) is 0.520. The van der Waals surface area contributed by atoms with Crippen molar-refractivity contribution in [2.24, 2.45) is 0 Å². The maximum Gasteiger partial charge on any atom is 0.241 e. The van der Waals surface area contributed by atoms with Gasteiger partial charge in [0.05, 0.1) is 4.90 Å². The minimum absolute atomic E-state index is 0.113. The topological polar surface area (TPSA) is 46.2 Å². The van der Waals surface area contributed by atoms with E-state index >= 15 is 0 Å². The highest BCUT2D eigenvalue weighted by molar-refractivity contribution is 9.09. The Morgan fingerprint density at radius 3 is 2.62 bits per heavy atom. The molecule has 0 bridgehead atoms. The van der Waals surface area contributed by atoms with Gasteiger partial charge in [-0.3, -0.25) is 0 Å². The molecule has 1 aromatic carbocycles. The number of halogens is 2. The zero-order chi connectivity index (χ0) is 12.3. The standard InChI is InChI=1S/C10H13BrFNO2S/c1-7-5-9(12)3-4-10(7)16(14,15)13-8(2)6-11/h3-5,8,13H,6H2,1-2H3. The van der Waals surface area contributed by atoms with E-state index in [9.17, 15) is 12.8 Å². The lowest BCUT2D eigenvalue weighted by Gasteiger charge is -2.13. The third-order valence-corrected chi connectivity index (χ3v) is 4.74. The maximum absolute atomic E-state index is 12.8. The first-order chi connectivity index (χ1) is 7.36. The zero-order valence-corrected chi connectivity index (χ0v) is 11.4. The molecule has 1 aromatic rings. The van der Waals surface area contributed by atoms with Gasteiger partial charge in [-0.15, -0.1) is 0 Å². The van der Waals surface area contributed by atoms with Gasteiger partial charge in [-0.2, -0.15) is 0 Å². The molecule has 90 valence electrons. The van der Waals surface area contributed by atoms with Gasteiger partial charge in [0.25, 0.3) is 0 Å². The second kappa shape index (κ2) is 5.25. The minimum atomic E-state index is -3.57. The van der Waals surface area contributed by atoms with Crippen molar-refractivity contribution in [3.05, 3.63) is 29.6 Å². The molecule has 0 heterocycles. The third-order valence-electron chi connectivity index (χ3n) is 2.01. The van der Waals surface area contributed by atoms with Crippen LogP contribution in [0.1, 0.15) is 12.5 Å². The number of benzene rings is 1. The van der Waals surface area contributed by atoms with E-state index < -0.39 is 15.8 Å². The van der Waals surface area contributed by atoms with E-state index in [2.05, 4.69) is 20.7 Å². The van der Waals surface area contributed by atoms with Crippen LogP contribution in [-0.4, -0.2) is 19.8 Å². The molecule has 1 N–H and O–H groups in total. The zero-order valence-electron chi connectivity index (χ0n) is 9.00. The van der Waals surface area contributed by atoms with Crippen molar-refractivity contribution in [2.45, 2.75) is 24.8 Å². The van der Waals surface area contributed by atoms with Gasteiger partial charge >= 0.3 is 0 Å². The van der Waals surface area contributed by atoms with E-state index in [1.54, 1.807) is 13.8 Å². The molecule has 0 aromatic heterocycles. The Bertz CT molecular complexity index is 476. The first-order valence-electron chi connectivity index (χ1n) is 4.71. The van der Waals surface area contributed by atoms with Crippen LogP contribution >= 0.6 is 15.9 Å². The van der Waals surface area contributed by atoms with Gasteiger partial charge in [-0.25, -0.2) is 17.5 Å². The number of alkyl halides is 1. The Morgan fingerprint density at radius 2 is 2.12 bits per heavy atom. The monoisotopic (exact) mass is 309 g/mol. The maximum atomic E-state index is 12.8. The molecule has 0 aliphatic carbocycles. The van der Waals surface area contributed by atoms with E-state index in [4.69, 9.17) is 0 Å². The van der Waals surface area contributed by atoms with Gasteiger partial charge in [0.2, 0.25) is 10.0 Å². The van der Waals surface area contributed by atoms with E-state index in [1.165, 1.54) is 12.1 Å². The van der Waals surface area contributed by atoms with Crippen LogP contribution < -0.4 is 4.72 Å². The Kier molecular flexibility index (Phi) is 4.46. The lowest BCUT2D eigenvalue weighted by atomic mass is 10.2. The second-order valence-corrected chi connectivity index (χ2v) is 5.92. The molecule has 3 nitrogen and oxygen atoms in total. The number of aryl methyl sites for hydroxylation is 1. The van der Waals surface area contributed by atoms with Crippen LogP contribution in [0.4, 0.5) is 4.39 Å². The number of nitrogens with one attached hydrogen (secondary N) is 1. The molecule has 16 heavy (non-hydrogen) atoms. The Labute approximate surface area is 103 Å². The molecule has 1 unspecified atom stereocenters. The van der Waals surface area contributed by atoms with E-state index in [-0.39, 0.29) is 10.9 Å². The molecule has 0 aliphatic heterocycles. The van der Waals surface area contributed by atoms with E-state index in [1.807, 2.05) is 0 Å². The largest absolute Gasteiger partial charge is 0.241 e. The number of hydrogen-bond donors (Lipinski definition) is 1. The van der Waals surface area contributed by atoms with Crippen molar-refractivity contribution >= 4 is 26.0 Å². The molecule has 1 rings (SSSR count). The summed E-state index contributed by atoms with van der Waals surface area (Å²) in [5.74, 6) is -0.440. The molecule has 0 saturated heterocycles. The quantitative estimate of drug-likeness (QED) is 0.867. The first kappa shape index (κ1) is 13.6. The predicted octanol–water partition coefficient (Wildman–Crippen LogP) is 2.20. The van der Waals surface area contributed by atoms with Gasteiger partial charge in [-0.05, 0) is 37.6 Å². The molecule has 0 aliphatic rings. The highest BCUT2D eigenvalue weighted by atomic mass is 79.9. The summed E-state index contributed by atoms with van der Waals surface area (Å²) in [7, 11) is -3.57. The Morgan fingerprint density at radius 1 is 1.50 bits per heavy atom. The average molecular weight is 310 g/mol. The fourth-order valence-corrected chi connectivity index (χ4v) is 3.12. The van der Waals surface area contributed by atoms with Crippen LogP contribution in [-0.2, 0) is 10.0 Å². The molecule has 0 fully saturated rings. The third kappa shape index (κ3) is 3.26. The highest BCUT2D eigenvalue weighted by Gasteiger charge is 2.19. The number of rotatable bonds is 4.